The predicted molar refractivity (Wildman–Crippen MR) is 81.1 cm³/mol. The molecular weight excluding hydrogens is 326 g/mol. The topological polar surface area (TPSA) is 29.0 Å². The number of hydrogen-bond acceptors (Lipinski definition) is 3. The molecule has 2 heterocycles. The van der Waals surface area contributed by atoms with Gasteiger partial charge in [-0.15, -0.1) is 0 Å². The zero-order valence-electron chi connectivity index (χ0n) is 10.5. The molecule has 2 aromatic rings. The Morgan fingerprint density at radius 1 is 1.37 bits per heavy atom. The van der Waals surface area contributed by atoms with E-state index >= 15 is 0 Å². The number of fused-ring (bicyclic) bond motifs is 1. The van der Waals surface area contributed by atoms with Gasteiger partial charge in [0, 0.05) is 18.4 Å². The van der Waals surface area contributed by atoms with Gasteiger partial charge in [0.2, 0.25) is 5.28 Å². The summed E-state index contributed by atoms with van der Waals surface area (Å²) in [5.74, 6) is 1.41. The summed E-state index contributed by atoms with van der Waals surface area (Å²) in [5.41, 5.74) is 2.55. The van der Waals surface area contributed by atoms with E-state index in [2.05, 4.69) is 62.0 Å². The zero-order chi connectivity index (χ0) is 13.4. The average molecular weight is 339 g/mol. The van der Waals surface area contributed by atoms with E-state index in [1.54, 1.807) is 6.20 Å². The number of hydrogen-bond donors (Lipinski definition) is 0. The lowest BCUT2D eigenvalue weighted by Crippen LogP contribution is -2.31. The lowest BCUT2D eigenvalue weighted by Gasteiger charge is -2.34. The Hall–Kier alpha value is -1.13. The van der Waals surface area contributed by atoms with Crippen LogP contribution in [0.1, 0.15) is 12.5 Å². The fraction of sp³-hybridized carbons (Fsp3) is 0.286. The molecule has 19 heavy (non-hydrogen) atoms. The molecule has 0 saturated carbocycles. The number of para-hydroxylation sites is 1. The molecule has 0 spiro atoms. The molecule has 1 aliphatic rings. The van der Waals surface area contributed by atoms with Gasteiger partial charge < -0.3 is 4.90 Å². The lowest BCUT2D eigenvalue weighted by molar-refractivity contribution is 0.559. The Morgan fingerprint density at radius 3 is 3.00 bits per heavy atom. The average Bonchev–Trinajstić information content (AvgIpc) is 2.40. The molecule has 0 amide bonds. The van der Waals surface area contributed by atoms with Crippen molar-refractivity contribution < 1.29 is 0 Å². The smallest absolute Gasteiger partial charge is 0.224 e. The highest BCUT2D eigenvalue weighted by Gasteiger charge is 2.25. The van der Waals surface area contributed by atoms with Gasteiger partial charge in [-0.25, -0.2) is 4.98 Å². The van der Waals surface area contributed by atoms with Gasteiger partial charge in [-0.05, 0) is 51.5 Å². The Kier molecular flexibility index (Phi) is 3.46. The molecular formula is C14H13BrClN3. The SMILES string of the molecule is CC1Cc2ccccc2N(c2nc(Cl)ncc2Br)C1. The van der Waals surface area contributed by atoms with Gasteiger partial charge in [0.1, 0.15) is 0 Å². The van der Waals surface area contributed by atoms with E-state index in [1.807, 2.05) is 0 Å². The number of nitrogens with zero attached hydrogens (tertiary/aromatic N) is 3. The van der Waals surface area contributed by atoms with Crippen LogP contribution in [0.3, 0.4) is 0 Å². The van der Waals surface area contributed by atoms with Crippen LogP contribution in [-0.2, 0) is 6.42 Å². The second kappa shape index (κ2) is 5.10. The lowest BCUT2D eigenvalue weighted by atomic mass is 9.94. The van der Waals surface area contributed by atoms with Crippen molar-refractivity contribution in [2.24, 2.45) is 5.92 Å². The van der Waals surface area contributed by atoms with Crippen molar-refractivity contribution >= 4 is 39.0 Å². The minimum Gasteiger partial charge on any atom is -0.325 e. The first-order chi connectivity index (χ1) is 9.15. The quantitative estimate of drug-likeness (QED) is 0.729. The maximum atomic E-state index is 5.93. The molecule has 0 saturated heterocycles. The van der Waals surface area contributed by atoms with Gasteiger partial charge in [0.15, 0.2) is 5.82 Å². The van der Waals surface area contributed by atoms with Gasteiger partial charge in [0.25, 0.3) is 0 Å². The van der Waals surface area contributed by atoms with Crippen LogP contribution in [0, 0.1) is 5.92 Å². The van der Waals surface area contributed by atoms with E-state index < -0.39 is 0 Å². The molecule has 0 bridgehead atoms. The van der Waals surface area contributed by atoms with Gasteiger partial charge in [-0.3, -0.25) is 0 Å². The molecule has 5 heteroatoms. The molecule has 1 aromatic heterocycles. The Balaban J connectivity index is 2.12. The summed E-state index contributed by atoms with van der Waals surface area (Å²) in [6, 6.07) is 8.44. The first-order valence-corrected chi connectivity index (χ1v) is 7.35. The van der Waals surface area contributed by atoms with Crippen molar-refractivity contribution in [2.75, 3.05) is 11.4 Å². The Morgan fingerprint density at radius 2 is 2.16 bits per heavy atom. The molecule has 1 aromatic carbocycles. The van der Waals surface area contributed by atoms with Crippen molar-refractivity contribution in [1.82, 2.24) is 9.97 Å². The Bertz CT molecular complexity index is 617. The second-order valence-corrected chi connectivity index (χ2v) is 6.05. The molecule has 0 fully saturated rings. The molecule has 98 valence electrons. The summed E-state index contributed by atoms with van der Waals surface area (Å²) in [6.45, 7) is 3.18. The largest absolute Gasteiger partial charge is 0.325 e. The molecule has 1 atom stereocenters. The van der Waals surface area contributed by atoms with Crippen molar-refractivity contribution in [1.29, 1.82) is 0 Å². The summed E-state index contributed by atoms with van der Waals surface area (Å²) < 4.78 is 0.862. The van der Waals surface area contributed by atoms with Crippen LogP contribution in [0.2, 0.25) is 5.28 Å². The van der Waals surface area contributed by atoms with Crippen LogP contribution < -0.4 is 4.90 Å². The normalized spacial score (nSPS) is 18.3. The van der Waals surface area contributed by atoms with E-state index in [9.17, 15) is 0 Å². The number of rotatable bonds is 1. The number of anilines is 2. The first kappa shape index (κ1) is 12.9. The van der Waals surface area contributed by atoms with E-state index in [0.717, 1.165) is 23.3 Å². The standard InChI is InChI=1S/C14H13BrClN3/c1-9-6-10-4-2-3-5-12(10)19(8-9)13-11(15)7-17-14(16)18-13/h2-5,7,9H,6,8H2,1H3. The predicted octanol–water partition coefficient (Wildman–Crippen LogP) is 4.22. The van der Waals surface area contributed by atoms with Crippen molar-refractivity contribution in [2.45, 2.75) is 13.3 Å². The van der Waals surface area contributed by atoms with Gasteiger partial charge >= 0.3 is 0 Å². The maximum Gasteiger partial charge on any atom is 0.224 e. The summed E-state index contributed by atoms with van der Waals surface area (Å²) in [6.07, 6.45) is 2.80. The number of halogens is 2. The molecule has 1 aliphatic heterocycles. The van der Waals surface area contributed by atoms with Crippen LogP contribution >= 0.6 is 27.5 Å². The highest BCUT2D eigenvalue weighted by molar-refractivity contribution is 9.10. The van der Waals surface area contributed by atoms with Gasteiger partial charge in [-0.2, -0.15) is 4.98 Å². The first-order valence-electron chi connectivity index (χ1n) is 6.18. The summed E-state index contributed by atoms with van der Waals surface area (Å²) in [4.78, 5) is 10.6. The highest BCUT2D eigenvalue weighted by Crippen LogP contribution is 2.37. The molecule has 3 nitrogen and oxygen atoms in total. The second-order valence-electron chi connectivity index (χ2n) is 4.86. The van der Waals surface area contributed by atoms with Crippen LogP contribution in [0.4, 0.5) is 11.5 Å². The van der Waals surface area contributed by atoms with E-state index in [1.165, 1.54) is 11.3 Å². The third-order valence-electron chi connectivity index (χ3n) is 3.30. The Labute approximate surface area is 125 Å². The monoisotopic (exact) mass is 337 g/mol. The summed E-state index contributed by atoms with van der Waals surface area (Å²) >= 11 is 9.44. The molecule has 0 N–H and O–H groups in total. The molecule has 0 aliphatic carbocycles. The van der Waals surface area contributed by atoms with E-state index in [-0.39, 0.29) is 5.28 Å². The minimum atomic E-state index is 0.272. The summed E-state index contributed by atoms with van der Waals surface area (Å²) in [5, 5.41) is 0.272. The van der Waals surface area contributed by atoms with Crippen molar-refractivity contribution in [3.63, 3.8) is 0 Å². The van der Waals surface area contributed by atoms with Crippen LogP contribution in [0.5, 0.6) is 0 Å². The number of aromatic nitrogens is 2. The molecule has 1 unspecified atom stereocenters. The van der Waals surface area contributed by atoms with Crippen LogP contribution in [0.25, 0.3) is 0 Å². The van der Waals surface area contributed by atoms with Crippen LogP contribution in [0.15, 0.2) is 34.9 Å². The third-order valence-corrected chi connectivity index (χ3v) is 4.04. The zero-order valence-corrected chi connectivity index (χ0v) is 12.8. The van der Waals surface area contributed by atoms with E-state index in [0.29, 0.717) is 5.92 Å². The highest BCUT2D eigenvalue weighted by atomic mass is 79.9. The molecule has 0 radical (unpaired) electrons. The maximum absolute atomic E-state index is 5.93. The minimum absolute atomic E-state index is 0.272. The van der Waals surface area contributed by atoms with Gasteiger partial charge in [0.05, 0.1) is 4.47 Å². The number of benzene rings is 1. The summed E-state index contributed by atoms with van der Waals surface area (Å²) in [7, 11) is 0. The van der Waals surface area contributed by atoms with Crippen LogP contribution in [-0.4, -0.2) is 16.5 Å². The van der Waals surface area contributed by atoms with Crippen molar-refractivity contribution in [3.8, 4) is 0 Å². The van der Waals surface area contributed by atoms with Crippen molar-refractivity contribution in [3.05, 3.63) is 45.8 Å². The molecule has 3 rings (SSSR count). The fourth-order valence-electron chi connectivity index (χ4n) is 2.52. The third kappa shape index (κ3) is 2.47. The van der Waals surface area contributed by atoms with E-state index in [4.69, 9.17) is 11.6 Å². The van der Waals surface area contributed by atoms with Gasteiger partial charge in [-0.1, -0.05) is 25.1 Å². The fourth-order valence-corrected chi connectivity index (χ4v) is 3.06.